The molecule has 0 radical (unpaired) electrons. The molecule has 1 aromatic carbocycles. The molecule has 0 saturated carbocycles. The minimum atomic E-state index is 0.0295. The van der Waals surface area contributed by atoms with Crippen molar-refractivity contribution in [3.63, 3.8) is 0 Å². The van der Waals surface area contributed by atoms with E-state index in [1.807, 2.05) is 30.3 Å². The molecule has 0 bridgehead atoms. The van der Waals surface area contributed by atoms with Crippen molar-refractivity contribution in [2.24, 2.45) is 5.92 Å². The van der Waals surface area contributed by atoms with Crippen LogP contribution in [0.4, 0.5) is 10.5 Å². The normalized spacial score (nSPS) is 10.3. The molecule has 2 nitrogen and oxygen atoms in total. The summed E-state index contributed by atoms with van der Waals surface area (Å²) in [5, 5.41) is 2.87. The summed E-state index contributed by atoms with van der Waals surface area (Å²) in [5.74, 6) is 1.54. The minimum absolute atomic E-state index is 0.0295. The minimum Gasteiger partial charge on any atom is -0.317 e. The highest BCUT2D eigenvalue weighted by Crippen LogP contribution is 2.13. The second-order valence-electron chi connectivity index (χ2n) is 3.81. The van der Waals surface area contributed by atoms with E-state index in [0.717, 1.165) is 17.9 Å². The number of thioether (sulfide) groups is 1. The standard InChI is InChI=1S/C12H17NOS/c1-10(2)8-9-15-12(14)13-11-6-4-3-5-7-11/h3-7,10H,8-9H2,1-2H3,(H,13,14). The van der Waals surface area contributed by atoms with Crippen LogP contribution in [0.15, 0.2) is 30.3 Å². The quantitative estimate of drug-likeness (QED) is 0.836. The van der Waals surface area contributed by atoms with Crippen LogP contribution in [0.5, 0.6) is 0 Å². The van der Waals surface area contributed by atoms with Gasteiger partial charge in [0.05, 0.1) is 0 Å². The van der Waals surface area contributed by atoms with Crippen LogP contribution in [-0.4, -0.2) is 11.0 Å². The van der Waals surface area contributed by atoms with E-state index in [0.29, 0.717) is 5.92 Å². The fraction of sp³-hybridized carbons (Fsp3) is 0.417. The van der Waals surface area contributed by atoms with E-state index in [1.54, 1.807) is 0 Å². The van der Waals surface area contributed by atoms with Gasteiger partial charge in [-0.25, -0.2) is 0 Å². The van der Waals surface area contributed by atoms with Crippen molar-refractivity contribution in [3.05, 3.63) is 30.3 Å². The predicted octanol–water partition coefficient (Wildman–Crippen LogP) is 4.00. The molecule has 0 aliphatic carbocycles. The van der Waals surface area contributed by atoms with Crippen molar-refractivity contribution >= 4 is 22.7 Å². The number of anilines is 1. The first kappa shape index (κ1) is 12.1. The van der Waals surface area contributed by atoms with Gasteiger partial charge in [-0.1, -0.05) is 43.8 Å². The second-order valence-corrected chi connectivity index (χ2v) is 4.88. The largest absolute Gasteiger partial charge is 0.317 e. The highest BCUT2D eigenvalue weighted by molar-refractivity contribution is 8.13. The Morgan fingerprint density at radius 3 is 2.60 bits per heavy atom. The van der Waals surface area contributed by atoms with Gasteiger partial charge in [-0.05, 0) is 24.5 Å². The fourth-order valence-corrected chi connectivity index (χ4v) is 2.03. The number of rotatable bonds is 4. The van der Waals surface area contributed by atoms with Crippen LogP contribution >= 0.6 is 11.8 Å². The lowest BCUT2D eigenvalue weighted by Crippen LogP contribution is -2.06. The van der Waals surface area contributed by atoms with E-state index in [2.05, 4.69) is 19.2 Å². The first-order valence-electron chi connectivity index (χ1n) is 5.17. The maximum atomic E-state index is 11.4. The number of carbonyl (C=O) groups is 1. The van der Waals surface area contributed by atoms with Crippen LogP contribution < -0.4 is 5.32 Å². The Morgan fingerprint density at radius 2 is 2.00 bits per heavy atom. The Morgan fingerprint density at radius 1 is 1.33 bits per heavy atom. The zero-order chi connectivity index (χ0) is 11.1. The molecule has 3 heteroatoms. The number of para-hydroxylation sites is 1. The van der Waals surface area contributed by atoms with Gasteiger partial charge in [0.25, 0.3) is 5.24 Å². The molecule has 0 aliphatic heterocycles. The number of benzene rings is 1. The zero-order valence-corrected chi connectivity index (χ0v) is 10.0. The molecule has 1 N–H and O–H groups in total. The lowest BCUT2D eigenvalue weighted by molar-refractivity contribution is 0.269. The van der Waals surface area contributed by atoms with Gasteiger partial charge < -0.3 is 5.32 Å². The molecule has 1 amide bonds. The monoisotopic (exact) mass is 223 g/mol. The summed E-state index contributed by atoms with van der Waals surface area (Å²) < 4.78 is 0. The van der Waals surface area contributed by atoms with Gasteiger partial charge >= 0.3 is 0 Å². The van der Waals surface area contributed by atoms with Crippen LogP contribution in [0, 0.1) is 5.92 Å². The number of hydrogen-bond acceptors (Lipinski definition) is 2. The van der Waals surface area contributed by atoms with Crippen molar-refractivity contribution in [1.82, 2.24) is 0 Å². The third-order valence-corrected chi connectivity index (χ3v) is 2.75. The maximum Gasteiger partial charge on any atom is 0.283 e. The van der Waals surface area contributed by atoms with Crippen molar-refractivity contribution in [1.29, 1.82) is 0 Å². The van der Waals surface area contributed by atoms with Crippen molar-refractivity contribution in [2.75, 3.05) is 11.1 Å². The molecule has 0 unspecified atom stereocenters. The highest BCUT2D eigenvalue weighted by atomic mass is 32.2. The number of carbonyl (C=O) groups excluding carboxylic acids is 1. The Bertz CT molecular complexity index is 298. The molecular formula is C12H17NOS. The Hall–Kier alpha value is -0.960. The average Bonchev–Trinajstić information content (AvgIpc) is 2.18. The van der Waals surface area contributed by atoms with E-state index in [9.17, 15) is 4.79 Å². The van der Waals surface area contributed by atoms with E-state index in [4.69, 9.17) is 0 Å². The van der Waals surface area contributed by atoms with Gasteiger partial charge in [0.15, 0.2) is 0 Å². The van der Waals surface area contributed by atoms with Crippen molar-refractivity contribution in [3.8, 4) is 0 Å². The highest BCUT2D eigenvalue weighted by Gasteiger charge is 2.03. The molecule has 0 aromatic heterocycles. The average molecular weight is 223 g/mol. The summed E-state index contributed by atoms with van der Waals surface area (Å²) in [4.78, 5) is 11.4. The maximum absolute atomic E-state index is 11.4. The third kappa shape index (κ3) is 5.47. The summed E-state index contributed by atoms with van der Waals surface area (Å²) in [5.41, 5.74) is 0.861. The van der Waals surface area contributed by atoms with E-state index in [1.165, 1.54) is 11.8 Å². The van der Waals surface area contributed by atoms with Crippen LogP contribution in [0.25, 0.3) is 0 Å². The number of nitrogens with one attached hydrogen (secondary N) is 1. The second kappa shape index (κ2) is 6.51. The topological polar surface area (TPSA) is 29.1 Å². The summed E-state index contributed by atoms with van der Waals surface area (Å²) in [6, 6.07) is 9.53. The predicted molar refractivity (Wildman–Crippen MR) is 67.4 cm³/mol. The van der Waals surface area contributed by atoms with E-state index < -0.39 is 0 Å². The molecule has 0 atom stereocenters. The molecule has 0 aliphatic rings. The summed E-state index contributed by atoms with van der Waals surface area (Å²) >= 11 is 1.35. The lowest BCUT2D eigenvalue weighted by atomic mass is 10.2. The van der Waals surface area contributed by atoms with Crippen LogP contribution in [0.2, 0.25) is 0 Å². The van der Waals surface area contributed by atoms with Crippen LogP contribution in [0.3, 0.4) is 0 Å². The first-order chi connectivity index (χ1) is 7.18. The molecule has 15 heavy (non-hydrogen) atoms. The Balaban J connectivity index is 2.25. The molecule has 0 saturated heterocycles. The summed E-state index contributed by atoms with van der Waals surface area (Å²) in [6.07, 6.45) is 1.08. The van der Waals surface area contributed by atoms with Crippen LogP contribution in [-0.2, 0) is 0 Å². The van der Waals surface area contributed by atoms with Crippen molar-refractivity contribution in [2.45, 2.75) is 20.3 Å². The molecule has 0 heterocycles. The van der Waals surface area contributed by atoms with Crippen LogP contribution in [0.1, 0.15) is 20.3 Å². The van der Waals surface area contributed by atoms with Gasteiger partial charge in [0.2, 0.25) is 0 Å². The summed E-state index contributed by atoms with van der Waals surface area (Å²) in [6.45, 7) is 4.32. The van der Waals surface area contributed by atoms with Gasteiger partial charge in [0.1, 0.15) is 0 Å². The lowest BCUT2D eigenvalue weighted by Gasteiger charge is -2.05. The fourth-order valence-electron chi connectivity index (χ4n) is 1.06. The third-order valence-electron chi connectivity index (χ3n) is 1.95. The van der Waals surface area contributed by atoms with Gasteiger partial charge in [0, 0.05) is 11.4 Å². The number of amides is 1. The van der Waals surface area contributed by atoms with Crippen molar-refractivity contribution < 1.29 is 4.79 Å². The number of hydrogen-bond donors (Lipinski definition) is 1. The molecule has 0 fully saturated rings. The molecule has 1 rings (SSSR count). The van der Waals surface area contributed by atoms with Gasteiger partial charge in [-0.3, -0.25) is 4.79 Å². The van der Waals surface area contributed by atoms with E-state index in [-0.39, 0.29) is 5.24 Å². The Labute approximate surface area is 95.5 Å². The first-order valence-corrected chi connectivity index (χ1v) is 6.16. The smallest absolute Gasteiger partial charge is 0.283 e. The molecular weight excluding hydrogens is 206 g/mol. The molecule has 0 spiro atoms. The zero-order valence-electron chi connectivity index (χ0n) is 9.19. The van der Waals surface area contributed by atoms with Gasteiger partial charge in [-0.2, -0.15) is 0 Å². The summed E-state index contributed by atoms with van der Waals surface area (Å²) in [7, 11) is 0. The van der Waals surface area contributed by atoms with Gasteiger partial charge in [-0.15, -0.1) is 0 Å². The SMILES string of the molecule is CC(C)CCSC(=O)Nc1ccccc1. The molecule has 82 valence electrons. The molecule has 1 aromatic rings. The van der Waals surface area contributed by atoms with E-state index >= 15 is 0 Å². The Kier molecular flexibility index (Phi) is 5.26.